The quantitative estimate of drug-likeness (QED) is 0.483. The van der Waals surface area contributed by atoms with Crippen LogP contribution < -0.4 is 0 Å². The molecular formula is C22H17NO4S. The van der Waals surface area contributed by atoms with Crippen LogP contribution in [0.25, 0.3) is 10.8 Å². The first-order valence-electron chi connectivity index (χ1n) is 8.90. The molecule has 0 bridgehead atoms. The average Bonchev–Trinajstić information content (AvgIpc) is 2.71. The Morgan fingerprint density at radius 3 is 2.36 bits per heavy atom. The molecule has 0 unspecified atom stereocenters. The van der Waals surface area contributed by atoms with Crippen LogP contribution in [0.15, 0.2) is 70.5 Å². The molecule has 6 heteroatoms. The summed E-state index contributed by atoms with van der Waals surface area (Å²) in [7, 11) is 0. The second-order valence-electron chi connectivity index (χ2n) is 6.26. The summed E-state index contributed by atoms with van der Waals surface area (Å²) in [4.78, 5) is 40.7. The van der Waals surface area contributed by atoms with Crippen molar-refractivity contribution in [1.82, 2.24) is 4.90 Å². The van der Waals surface area contributed by atoms with E-state index < -0.39 is 17.8 Å². The van der Waals surface area contributed by atoms with E-state index in [2.05, 4.69) is 0 Å². The third-order valence-electron chi connectivity index (χ3n) is 4.52. The van der Waals surface area contributed by atoms with E-state index in [1.165, 1.54) is 0 Å². The Hall–Kier alpha value is -3.12. The van der Waals surface area contributed by atoms with E-state index in [1.807, 2.05) is 42.5 Å². The van der Waals surface area contributed by atoms with Gasteiger partial charge in [-0.15, -0.1) is 0 Å². The molecule has 0 atom stereocenters. The summed E-state index contributed by atoms with van der Waals surface area (Å²) in [6, 6.07) is 18.9. The van der Waals surface area contributed by atoms with Crippen molar-refractivity contribution in [2.45, 2.75) is 16.7 Å². The highest BCUT2D eigenvalue weighted by molar-refractivity contribution is 7.99. The molecule has 0 radical (unpaired) electrons. The number of rotatable bonds is 5. The minimum absolute atomic E-state index is 0.196. The molecule has 0 fully saturated rings. The van der Waals surface area contributed by atoms with Crippen molar-refractivity contribution in [2.24, 2.45) is 0 Å². The highest BCUT2D eigenvalue weighted by Crippen LogP contribution is 2.38. The zero-order valence-corrected chi connectivity index (χ0v) is 16.0. The fraction of sp³-hybridized carbons (Fsp3) is 0.136. The van der Waals surface area contributed by atoms with Crippen LogP contribution in [0, 0.1) is 0 Å². The lowest BCUT2D eigenvalue weighted by Crippen LogP contribution is -2.43. The fourth-order valence-electron chi connectivity index (χ4n) is 3.30. The maximum atomic E-state index is 12.9. The maximum absolute atomic E-state index is 12.9. The largest absolute Gasteiger partial charge is 0.465 e. The molecule has 3 aromatic carbocycles. The first kappa shape index (κ1) is 18.3. The summed E-state index contributed by atoms with van der Waals surface area (Å²) in [6.07, 6.45) is 0. The molecule has 0 saturated carbocycles. The molecule has 28 heavy (non-hydrogen) atoms. The van der Waals surface area contributed by atoms with Crippen LogP contribution in [-0.2, 0) is 9.53 Å². The van der Waals surface area contributed by atoms with Crippen LogP contribution >= 0.6 is 11.8 Å². The SMILES string of the molecule is CCOC(=O)CN1C(=O)c2cccc3c(Sc4ccccc4)ccc(c23)C1=O. The number of esters is 1. The molecule has 0 aliphatic carbocycles. The topological polar surface area (TPSA) is 63.7 Å². The number of amides is 2. The van der Waals surface area contributed by atoms with E-state index in [4.69, 9.17) is 4.74 Å². The van der Waals surface area contributed by atoms with Crippen LogP contribution in [0.1, 0.15) is 27.6 Å². The lowest BCUT2D eigenvalue weighted by molar-refractivity contribution is -0.143. The van der Waals surface area contributed by atoms with Gasteiger partial charge in [-0.05, 0) is 42.6 Å². The Kier molecular flexibility index (Phi) is 4.88. The lowest BCUT2D eigenvalue weighted by atomic mass is 9.94. The summed E-state index contributed by atoms with van der Waals surface area (Å²) in [5, 5.41) is 1.49. The lowest BCUT2D eigenvalue weighted by Gasteiger charge is -2.27. The Bertz CT molecular complexity index is 1070. The predicted octanol–water partition coefficient (Wildman–Crippen LogP) is 4.15. The Morgan fingerprint density at radius 2 is 1.64 bits per heavy atom. The van der Waals surface area contributed by atoms with Crippen LogP contribution in [0.3, 0.4) is 0 Å². The maximum Gasteiger partial charge on any atom is 0.326 e. The molecule has 0 aromatic heterocycles. The minimum Gasteiger partial charge on any atom is -0.465 e. The zero-order valence-electron chi connectivity index (χ0n) is 15.2. The molecule has 4 rings (SSSR count). The van der Waals surface area contributed by atoms with E-state index in [1.54, 1.807) is 36.9 Å². The van der Waals surface area contributed by atoms with E-state index >= 15 is 0 Å². The van der Waals surface area contributed by atoms with E-state index in [-0.39, 0.29) is 13.2 Å². The van der Waals surface area contributed by atoms with Crippen molar-refractivity contribution < 1.29 is 19.1 Å². The molecule has 0 spiro atoms. The molecule has 5 nitrogen and oxygen atoms in total. The number of hydrogen-bond acceptors (Lipinski definition) is 5. The minimum atomic E-state index is -0.601. The van der Waals surface area contributed by atoms with E-state index in [9.17, 15) is 14.4 Å². The van der Waals surface area contributed by atoms with Gasteiger partial charge in [-0.2, -0.15) is 0 Å². The van der Waals surface area contributed by atoms with E-state index in [0.717, 1.165) is 20.1 Å². The monoisotopic (exact) mass is 391 g/mol. The van der Waals surface area contributed by atoms with Gasteiger partial charge in [0.15, 0.2) is 0 Å². The standard InChI is InChI=1S/C22H17NO4S/c1-2-27-19(24)13-23-21(25)16-10-6-9-15-18(28-14-7-4-3-5-8-14)12-11-17(20(15)16)22(23)26/h3-12H,2,13H2,1H3. The highest BCUT2D eigenvalue weighted by Gasteiger charge is 2.34. The summed E-state index contributed by atoms with van der Waals surface area (Å²) < 4.78 is 4.90. The van der Waals surface area contributed by atoms with Crippen molar-refractivity contribution in [2.75, 3.05) is 13.2 Å². The average molecular weight is 391 g/mol. The fourth-order valence-corrected chi connectivity index (χ4v) is 4.27. The highest BCUT2D eigenvalue weighted by atomic mass is 32.2. The van der Waals surface area contributed by atoms with Crippen LogP contribution in [0.4, 0.5) is 0 Å². The van der Waals surface area contributed by atoms with Gasteiger partial charge in [0.1, 0.15) is 6.54 Å². The molecule has 3 aromatic rings. The van der Waals surface area contributed by atoms with E-state index in [0.29, 0.717) is 16.5 Å². The Balaban J connectivity index is 1.78. The van der Waals surface area contributed by atoms with Gasteiger partial charge >= 0.3 is 5.97 Å². The van der Waals surface area contributed by atoms with Gasteiger partial charge < -0.3 is 4.74 Å². The molecular weight excluding hydrogens is 374 g/mol. The third kappa shape index (κ3) is 3.16. The van der Waals surface area contributed by atoms with Crippen molar-refractivity contribution in [3.63, 3.8) is 0 Å². The molecule has 2 amide bonds. The number of ether oxygens (including phenoxy) is 1. The predicted molar refractivity (Wildman–Crippen MR) is 107 cm³/mol. The number of hydrogen-bond donors (Lipinski definition) is 0. The van der Waals surface area contributed by atoms with Crippen LogP contribution in [0.2, 0.25) is 0 Å². The molecule has 0 N–H and O–H groups in total. The third-order valence-corrected chi connectivity index (χ3v) is 5.60. The van der Waals surface area contributed by atoms with Crippen molar-refractivity contribution in [3.8, 4) is 0 Å². The van der Waals surface area contributed by atoms with Gasteiger partial charge in [-0.3, -0.25) is 19.3 Å². The Morgan fingerprint density at radius 1 is 0.929 bits per heavy atom. The first-order chi connectivity index (χ1) is 13.6. The van der Waals surface area contributed by atoms with Gasteiger partial charge in [0.2, 0.25) is 0 Å². The molecule has 1 aliphatic rings. The summed E-state index contributed by atoms with van der Waals surface area (Å²) in [6.45, 7) is 1.49. The number of carbonyl (C=O) groups is 3. The summed E-state index contributed by atoms with van der Waals surface area (Å²) in [5.74, 6) is -1.55. The molecule has 0 saturated heterocycles. The number of carbonyl (C=O) groups excluding carboxylic acids is 3. The van der Waals surface area contributed by atoms with Gasteiger partial charge in [-0.1, -0.05) is 42.1 Å². The van der Waals surface area contributed by atoms with Gasteiger partial charge in [0.25, 0.3) is 11.8 Å². The van der Waals surface area contributed by atoms with Crippen molar-refractivity contribution in [1.29, 1.82) is 0 Å². The zero-order chi connectivity index (χ0) is 19.7. The molecule has 1 aliphatic heterocycles. The van der Waals surface area contributed by atoms with Gasteiger partial charge in [0, 0.05) is 26.3 Å². The van der Waals surface area contributed by atoms with Crippen LogP contribution in [0.5, 0.6) is 0 Å². The van der Waals surface area contributed by atoms with Crippen molar-refractivity contribution >= 4 is 40.3 Å². The summed E-state index contributed by atoms with van der Waals surface area (Å²) >= 11 is 1.58. The molecule has 1 heterocycles. The summed E-state index contributed by atoms with van der Waals surface area (Å²) in [5.41, 5.74) is 0.846. The molecule has 140 valence electrons. The number of benzene rings is 3. The number of imide groups is 1. The van der Waals surface area contributed by atoms with Crippen molar-refractivity contribution in [3.05, 3.63) is 71.8 Å². The van der Waals surface area contributed by atoms with Gasteiger partial charge in [-0.25, -0.2) is 0 Å². The first-order valence-corrected chi connectivity index (χ1v) is 9.72. The second kappa shape index (κ2) is 7.48. The second-order valence-corrected chi connectivity index (χ2v) is 7.37. The van der Waals surface area contributed by atoms with Gasteiger partial charge in [0.05, 0.1) is 6.61 Å². The Labute approximate surface area is 166 Å². The smallest absolute Gasteiger partial charge is 0.326 e. The number of nitrogens with zero attached hydrogens (tertiary/aromatic N) is 1. The normalized spacial score (nSPS) is 13.1. The van der Waals surface area contributed by atoms with Crippen LogP contribution in [-0.4, -0.2) is 35.8 Å².